The standard InChI is InChI=1S/C33H21NO/c1-2-8-22(9-3-1)24-18-19-34-31(20-24)30-15-7-14-29-28-17-16-25(21-32(28)35-33(29)30)27-13-6-11-23-10-4-5-12-26(23)27/h1-21H. The van der Waals surface area contributed by atoms with Crippen LogP contribution in [0.1, 0.15) is 0 Å². The second kappa shape index (κ2) is 7.96. The molecule has 0 aliphatic rings. The molecular weight excluding hydrogens is 426 g/mol. The van der Waals surface area contributed by atoms with Gasteiger partial charge in [0.2, 0.25) is 0 Å². The van der Waals surface area contributed by atoms with E-state index in [0.29, 0.717) is 0 Å². The van der Waals surface area contributed by atoms with E-state index < -0.39 is 0 Å². The highest BCUT2D eigenvalue weighted by molar-refractivity contribution is 6.10. The molecule has 2 heteroatoms. The highest BCUT2D eigenvalue weighted by atomic mass is 16.3. The van der Waals surface area contributed by atoms with Gasteiger partial charge in [0.1, 0.15) is 11.2 Å². The highest BCUT2D eigenvalue weighted by Crippen LogP contribution is 2.38. The zero-order valence-corrected chi connectivity index (χ0v) is 19.0. The molecule has 0 unspecified atom stereocenters. The first-order valence-electron chi connectivity index (χ1n) is 11.8. The lowest BCUT2D eigenvalue weighted by Gasteiger charge is -2.06. The Morgan fingerprint density at radius 3 is 2.20 bits per heavy atom. The third-order valence-corrected chi connectivity index (χ3v) is 6.74. The van der Waals surface area contributed by atoms with E-state index in [1.807, 2.05) is 18.3 Å². The van der Waals surface area contributed by atoms with Crippen LogP contribution in [0, 0.1) is 0 Å². The van der Waals surface area contributed by atoms with Crippen molar-refractivity contribution < 1.29 is 4.42 Å². The summed E-state index contributed by atoms with van der Waals surface area (Å²) in [7, 11) is 0. The average molecular weight is 448 g/mol. The normalized spacial score (nSPS) is 11.4. The van der Waals surface area contributed by atoms with Gasteiger partial charge in [-0.1, -0.05) is 91.0 Å². The minimum absolute atomic E-state index is 0.871. The monoisotopic (exact) mass is 447 g/mol. The Morgan fingerprint density at radius 2 is 1.26 bits per heavy atom. The maximum Gasteiger partial charge on any atom is 0.144 e. The lowest BCUT2D eigenvalue weighted by atomic mass is 9.97. The topological polar surface area (TPSA) is 26.0 Å². The Labute approximate surface area is 203 Å². The van der Waals surface area contributed by atoms with Gasteiger partial charge < -0.3 is 4.42 Å². The predicted octanol–water partition coefficient (Wildman–Crippen LogP) is 9.14. The van der Waals surface area contributed by atoms with E-state index in [1.54, 1.807) is 0 Å². The van der Waals surface area contributed by atoms with Gasteiger partial charge in [0.15, 0.2) is 0 Å². The van der Waals surface area contributed by atoms with Crippen molar-refractivity contribution >= 4 is 32.7 Å². The van der Waals surface area contributed by atoms with Gasteiger partial charge in [-0.25, -0.2) is 0 Å². The summed E-state index contributed by atoms with van der Waals surface area (Å²) in [6.07, 6.45) is 1.87. The molecule has 35 heavy (non-hydrogen) atoms. The van der Waals surface area contributed by atoms with E-state index >= 15 is 0 Å². The van der Waals surface area contributed by atoms with Crippen LogP contribution in [0.2, 0.25) is 0 Å². The lowest BCUT2D eigenvalue weighted by Crippen LogP contribution is -1.86. The van der Waals surface area contributed by atoms with Gasteiger partial charge in [-0.15, -0.1) is 0 Å². The van der Waals surface area contributed by atoms with Crippen molar-refractivity contribution in [2.75, 3.05) is 0 Å². The van der Waals surface area contributed by atoms with Gasteiger partial charge in [0.25, 0.3) is 0 Å². The van der Waals surface area contributed by atoms with Crippen molar-refractivity contribution in [2.24, 2.45) is 0 Å². The van der Waals surface area contributed by atoms with Gasteiger partial charge >= 0.3 is 0 Å². The van der Waals surface area contributed by atoms with Crippen molar-refractivity contribution in [3.05, 3.63) is 128 Å². The summed E-state index contributed by atoms with van der Waals surface area (Å²) in [4.78, 5) is 4.69. The molecular formula is C33H21NO. The summed E-state index contributed by atoms with van der Waals surface area (Å²) in [6.45, 7) is 0. The minimum Gasteiger partial charge on any atom is -0.455 e. The van der Waals surface area contributed by atoms with Crippen LogP contribution in [0.3, 0.4) is 0 Å². The first-order chi connectivity index (χ1) is 17.3. The number of hydrogen-bond donors (Lipinski definition) is 0. The molecule has 0 aliphatic heterocycles. The number of nitrogens with zero attached hydrogens (tertiary/aromatic N) is 1. The van der Waals surface area contributed by atoms with Crippen LogP contribution >= 0.6 is 0 Å². The highest BCUT2D eigenvalue weighted by Gasteiger charge is 2.15. The quantitative estimate of drug-likeness (QED) is 0.270. The summed E-state index contributed by atoms with van der Waals surface area (Å²) in [5.74, 6) is 0. The van der Waals surface area contributed by atoms with Crippen molar-refractivity contribution in [1.29, 1.82) is 0 Å². The summed E-state index contributed by atoms with van der Waals surface area (Å²) in [5, 5.41) is 4.70. The summed E-state index contributed by atoms with van der Waals surface area (Å²) in [6, 6.07) is 42.4. The van der Waals surface area contributed by atoms with E-state index in [-0.39, 0.29) is 0 Å². The largest absolute Gasteiger partial charge is 0.455 e. The maximum absolute atomic E-state index is 6.52. The Hall–Kier alpha value is -4.69. The van der Waals surface area contributed by atoms with Gasteiger partial charge in [0, 0.05) is 22.5 Å². The smallest absolute Gasteiger partial charge is 0.144 e. The Balaban J connectivity index is 1.40. The van der Waals surface area contributed by atoms with Crippen molar-refractivity contribution in [2.45, 2.75) is 0 Å². The molecule has 2 nitrogen and oxygen atoms in total. The molecule has 2 heterocycles. The third-order valence-electron chi connectivity index (χ3n) is 6.74. The maximum atomic E-state index is 6.52. The Bertz CT molecular complexity index is 1840. The number of pyridine rings is 1. The zero-order chi connectivity index (χ0) is 23.2. The van der Waals surface area contributed by atoms with Gasteiger partial charge in [0.05, 0.1) is 5.69 Å². The van der Waals surface area contributed by atoms with Gasteiger partial charge in [-0.3, -0.25) is 4.98 Å². The zero-order valence-electron chi connectivity index (χ0n) is 19.0. The molecule has 0 aliphatic carbocycles. The molecule has 5 aromatic carbocycles. The number of furan rings is 1. The number of benzene rings is 5. The van der Waals surface area contributed by atoms with Gasteiger partial charge in [-0.05, 0) is 63.4 Å². The molecule has 2 aromatic heterocycles. The molecule has 0 radical (unpaired) electrons. The lowest BCUT2D eigenvalue weighted by molar-refractivity contribution is 0.670. The molecule has 0 amide bonds. The number of rotatable bonds is 3. The molecule has 0 bridgehead atoms. The summed E-state index contributed by atoms with van der Waals surface area (Å²) in [5.41, 5.74) is 8.34. The summed E-state index contributed by atoms with van der Waals surface area (Å²) >= 11 is 0. The van der Waals surface area contributed by atoms with Gasteiger partial charge in [-0.2, -0.15) is 0 Å². The van der Waals surface area contributed by atoms with Crippen molar-refractivity contribution in [3.8, 4) is 33.5 Å². The molecule has 0 atom stereocenters. The van der Waals surface area contributed by atoms with E-state index in [9.17, 15) is 0 Å². The van der Waals surface area contributed by atoms with Crippen LogP contribution in [0.25, 0.3) is 66.2 Å². The summed E-state index contributed by atoms with van der Waals surface area (Å²) < 4.78 is 6.52. The second-order valence-electron chi connectivity index (χ2n) is 8.82. The molecule has 7 aromatic rings. The minimum atomic E-state index is 0.871. The Kier molecular flexibility index (Phi) is 4.49. The van der Waals surface area contributed by atoms with Crippen molar-refractivity contribution in [3.63, 3.8) is 0 Å². The molecule has 0 saturated heterocycles. The van der Waals surface area contributed by atoms with E-state index in [1.165, 1.54) is 21.9 Å². The number of aromatic nitrogens is 1. The second-order valence-corrected chi connectivity index (χ2v) is 8.82. The fraction of sp³-hybridized carbons (Fsp3) is 0. The van der Waals surface area contributed by atoms with E-state index in [4.69, 9.17) is 9.40 Å². The average Bonchev–Trinajstić information content (AvgIpc) is 3.31. The number of hydrogen-bond acceptors (Lipinski definition) is 2. The Morgan fingerprint density at radius 1 is 0.486 bits per heavy atom. The van der Waals surface area contributed by atoms with Crippen LogP contribution < -0.4 is 0 Å². The fourth-order valence-electron chi connectivity index (χ4n) is 5.03. The van der Waals surface area contributed by atoms with E-state index in [2.05, 4.69) is 109 Å². The number of para-hydroxylation sites is 1. The molecule has 0 spiro atoms. The predicted molar refractivity (Wildman–Crippen MR) is 145 cm³/mol. The first kappa shape index (κ1) is 19.7. The molecule has 7 rings (SSSR count). The van der Waals surface area contributed by atoms with Crippen LogP contribution in [0.4, 0.5) is 0 Å². The molecule has 0 N–H and O–H groups in total. The molecule has 0 fully saturated rings. The first-order valence-corrected chi connectivity index (χ1v) is 11.8. The number of fused-ring (bicyclic) bond motifs is 4. The van der Waals surface area contributed by atoms with Crippen LogP contribution in [-0.2, 0) is 0 Å². The third kappa shape index (κ3) is 3.31. The van der Waals surface area contributed by atoms with Crippen molar-refractivity contribution in [1.82, 2.24) is 4.98 Å². The van der Waals surface area contributed by atoms with Crippen LogP contribution in [0.5, 0.6) is 0 Å². The SMILES string of the molecule is c1ccc(-c2ccnc(-c3cccc4c3oc3cc(-c5cccc6ccccc56)ccc34)c2)cc1. The van der Waals surface area contributed by atoms with E-state index in [0.717, 1.165) is 44.3 Å². The van der Waals surface area contributed by atoms with Crippen LogP contribution in [0.15, 0.2) is 132 Å². The fourth-order valence-corrected chi connectivity index (χ4v) is 5.03. The molecule has 164 valence electrons. The van der Waals surface area contributed by atoms with Crippen LogP contribution in [-0.4, -0.2) is 4.98 Å². The molecule has 0 saturated carbocycles.